The fourth-order valence-electron chi connectivity index (χ4n) is 2.56. The van der Waals surface area contributed by atoms with Crippen LogP contribution in [-0.4, -0.2) is 15.8 Å². The number of anilines is 1. The largest absolute Gasteiger partial charge is 0.483 e. The number of ether oxygens (including phenoxy) is 1. The van der Waals surface area contributed by atoms with Crippen molar-refractivity contribution in [1.29, 1.82) is 0 Å². The van der Waals surface area contributed by atoms with E-state index in [-0.39, 0.29) is 6.10 Å². The lowest BCUT2D eigenvalue weighted by Gasteiger charge is -2.14. The topological polar surface area (TPSA) is 53.1 Å². The highest BCUT2D eigenvalue weighted by molar-refractivity contribution is 7.98. The molecule has 1 atom stereocenters. The van der Waals surface area contributed by atoms with Crippen LogP contribution in [0.15, 0.2) is 41.3 Å². The number of imidazole rings is 1. The van der Waals surface area contributed by atoms with Gasteiger partial charge in [0.2, 0.25) is 0 Å². The maximum Gasteiger partial charge on any atom is 0.153 e. The first-order valence-corrected chi connectivity index (χ1v) is 8.44. The maximum atomic E-state index is 14.0. The Hall–Kier alpha value is -2.21. The predicted molar refractivity (Wildman–Crippen MR) is 92.4 cm³/mol. The van der Waals surface area contributed by atoms with Crippen LogP contribution in [-0.2, 0) is 7.05 Å². The molecule has 0 fully saturated rings. The zero-order chi connectivity index (χ0) is 16.6. The van der Waals surface area contributed by atoms with E-state index >= 15 is 0 Å². The van der Waals surface area contributed by atoms with Gasteiger partial charge in [-0.2, -0.15) is 0 Å². The van der Waals surface area contributed by atoms with Gasteiger partial charge in [0.15, 0.2) is 17.7 Å². The van der Waals surface area contributed by atoms with Gasteiger partial charge in [0.1, 0.15) is 11.3 Å². The lowest BCUT2D eigenvalue weighted by Crippen LogP contribution is -2.09. The Morgan fingerprint density at radius 3 is 2.61 bits per heavy atom. The molecule has 0 amide bonds. The number of nitrogen functional groups attached to an aromatic ring is 1. The summed E-state index contributed by atoms with van der Waals surface area (Å²) >= 11 is 1.68. The van der Waals surface area contributed by atoms with Crippen LogP contribution < -0.4 is 10.5 Å². The molecular formula is C17H18FN3OS. The maximum absolute atomic E-state index is 14.0. The minimum absolute atomic E-state index is 0.310. The highest BCUT2D eigenvalue weighted by atomic mass is 32.2. The van der Waals surface area contributed by atoms with Crippen LogP contribution in [0.2, 0.25) is 0 Å². The second-order valence-corrected chi connectivity index (χ2v) is 6.21. The number of hydrogen-bond donors (Lipinski definition) is 1. The van der Waals surface area contributed by atoms with Crippen molar-refractivity contribution in [2.24, 2.45) is 7.05 Å². The number of hydrogen-bond acceptors (Lipinski definition) is 4. The number of fused-ring (bicyclic) bond motifs is 1. The van der Waals surface area contributed by atoms with E-state index in [9.17, 15) is 4.39 Å². The Bertz CT molecular complexity index is 845. The van der Waals surface area contributed by atoms with Crippen molar-refractivity contribution < 1.29 is 9.13 Å². The molecule has 0 bridgehead atoms. The number of nitrogens with two attached hydrogens (primary N) is 1. The molecule has 0 spiro atoms. The van der Waals surface area contributed by atoms with Gasteiger partial charge in [0.05, 0.1) is 5.52 Å². The van der Waals surface area contributed by atoms with Crippen LogP contribution in [0.1, 0.15) is 18.9 Å². The fraction of sp³-hybridized carbons (Fsp3) is 0.235. The lowest BCUT2D eigenvalue weighted by atomic mass is 10.2. The molecule has 2 aromatic carbocycles. The molecule has 3 rings (SSSR count). The standard InChI is InChI=1S/C17H18FN3OS/c1-10(22-12-4-6-13(23-3)7-5-12)17-20-16-14(18)8-11(19)9-15(16)21(17)2/h4-10H,19H2,1-3H3. The second-order valence-electron chi connectivity index (χ2n) is 5.34. The van der Waals surface area contributed by atoms with E-state index in [4.69, 9.17) is 10.5 Å². The van der Waals surface area contributed by atoms with Crippen molar-refractivity contribution >= 4 is 28.5 Å². The van der Waals surface area contributed by atoms with Crippen molar-refractivity contribution in [2.45, 2.75) is 17.9 Å². The Kier molecular flexibility index (Phi) is 4.17. The summed E-state index contributed by atoms with van der Waals surface area (Å²) < 4.78 is 21.8. The van der Waals surface area contributed by atoms with Gasteiger partial charge in [-0.1, -0.05) is 0 Å². The van der Waals surface area contributed by atoms with Crippen molar-refractivity contribution in [1.82, 2.24) is 9.55 Å². The molecule has 6 heteroatoms. The SMILES string of the molecule is CSc1ccc(OC(C)c2nc3c(F)cc(N)cc3n2C)cc1. The van der Waals surface area contributed by atoms with Crippen LogP contribution in [0, 0.1) is 5.82 Å². The first-order valence-electron chi connectivity index (χ1n) is 7.21. The van der Waals surface area contributed by atoms with Gasteiger partial charge >= 0.3 is 0 Å². The molecule has 0 aliphatic carbocycles. The highest BCUT2D eigenvalue weighted by Crippen LogP contribution is 2.28. The number of benzene rings is 2. The molecule has 0 aliphatic rings. The number of aryl methyl sites for hydroxylation is 1. The molecule has 3 aromatic rings. The van der Waals surface area contributed by atoms with E-state index in [1.54, 1.807) is 17.8 Å². The number of halogens is 1. The van der Waals surface area contributed by atoms with Crippen LogP contribution in [0.5, 0.6) is 5.75 Å². The minimum Gasteiger partial charge on any atom is -0.483 e. The molecule has 2 N–H and O–H groups in total. The molecule has 4 nitrogen and oxygen atoms in total. The Balaban J connectivity index is 1.92. The molecule has 0 saturated carbocycles. The summed E-state index contributed by atoms with van der Waals surface area (Å²) in [6.07, 6.45) is 1.71. The monoisotopic (exact) mass is 331 g/mol. The summed E-state index contributed by atoms with van der Waals surface area (Å²) in [6, 6.07) is 10.8. The normalized spacial score (nSPS) is 12.5. The summed E-state index contributed by atoms with van der Waals surface area (Å²) in [4.78, 5) is 5.56. The summed E-state index contributed by atoms with van der Waals surface area (Å²) in [5, 5.41) is 0. The fourth-order valence-corrected chi connectivity index (χ4v) is 2.97. The molecule has 0 saturated heterocycles. The molecule has 0 aliphatic heterocycles. The van der Waals surface area contributed by atoms with Crippen molar-refractivity contribution in [2.75, 3.05) is 12.0 Å². The van der Waals surface area contributed by atoms with Crippen molar-refractivity contribution in [3.63, 3.8) is 0 Å². The molecule has 1 heterocycles. The van der Waals surface area contributed by atoms with Gasteiger partial charge in [-0.25, -0.2) is 9.37 Å². The number of thioether (sulfide) groups is 1. The Labute approximate surface area is 138 Å². The van der Waals surface area contributed by atoms with E-state index in [2.05, 4.69) is 4.98 Å². The first-order chi connectivity index (χ1) is 11.0. The summed E-state index contributed by atoms with van der Waals surface area (Å²) in [5.41, 5.74) is 7.06. The summed E-state index contributed by atoms with van der Waals surface area (Å²) in [6.45, 7) is 1.89. The lowest BCUT2D eigenvalue weighted by molar-refractivity contribution is 0.213. The van der Waals surface area contributed by atoms with Crippen molar-refractivity contribution in [3.8, 4) is 5.75 Å². The molecule has 120 valence electrons. The van der Waals surface area contributed by atoms with Gasteiger partial charge in [0, 0.05) is 17.6 Å². The molecular weight excluding hydrogens is 313 g/mol. The summed E-state index contributed by atoms with van der Waals surface area (Å²) in [7, 11) is 1.83. The highest BCUT2D eigenvalue weighted by Gasteiger charge is 2.18. The van der Waals surface area contributed by atoms with Gasteiger partial charge < -0.3 is 15.0 Å². The number of nitrogens with zero attached hydrogens (tertiary/aromatic N) is 2. The molecule has 23 heavy (non-hydrogen) atoms. The quantitative estimate of drug-likeness (QED) is 0.576. The van der Waals surface area contributed by atoms with E-state index < -0.39 is 5.82 Å². The third kappa shape index (κ3) is 2.99. The van der Waals surface area contributed by atoms with Crippen molar-refractivity contribution in [3.05, 3.63) is 48.0 Å². The number of rotatable bonds is 4. The zero-order valence-electron chi connectivity index (χ0n) is 13.2. The average molecular weight is 331 g/mol. The second kappa shape index (κ2) is 6.12. The van der Waals surface area contributed by atoms with Crippen LogP contribution in [0.4, 0.5) is 10.1 Å². The molecule has 1 unspecified atom stereocenters. The van der Waals surface area contributed by atoms with Gasteiger partial charge in [-0.05, 0) is 49.6 Å². The third-order valence-corrected chi connectivity index (χ3v) is 4.48. The van der Waals surface area contributed by atoms with E-state index in [1.807, 2.05) is 49.1 Å². The Morgan fingerprint density at radius 2 is 1.96 bits per heavy atom. The van der Waals surface area contributed by atoms with Gasteiger partial charge in [0.25, 0.3) is 0 Å². The summed E-state index contributed by atoms with van der Waals surface area (Å²) in [5.74, 6) is 0.985. The van der Waals surface area contributed by atoms with Gasteiger partial charge in [-0.3, -0.25) is 0 Å². The van der Waals surface area contributed by atoms with E-state index in [0.717, 1.165) is 5.75 Å². The Morgan fingerprint density at radius 1 is 1.26 bits per heavy atom. The van der Waals surface area contributed by atoms with E-state index in [0.29, 0.717) is 22.5 Å². The van der Waals surface area contributed by atoms with Crippen LogP contribution >= 0.6 is 11.8 Å². The zero-order valence-corrected chi connectivity index (χ0v) is 14.0. The number of aromatic nitrogens is 2. The third-order valence-electron chi connectivity index (χ3n) is 3.73. The average Bonchev–Trinajstić information content (AvgIpc) is 2.86. The smallest absolute Gasteiger partial charge is 0.153 e. The molecule has 0 radical (unpaired) electrons. The predicted octanol–water partition coefficient (Wildman–Crippen LogP) is 4.16. The van der Waals surface area contributed by atoms with Crippen LogP contribution in [0.25, 0.3) is 11.0 Å². The molecule has 1 aromatic heterocycles. The van der Waals surface area contributed by atoms with E-state index in [1.165, 1.54) is 11.0 Å². The van der Waals surface area contributed by atoms with Crippen LogP contribution in [0.3, 0.4) is 0 Å². The first kappa shape index (κ1) is 15.7. The minimum atomic E-state index is -0.418. The van der Waals surface area contributed by atoms with Gasteiger partial charge in [-0.15, -0.1) is 11.8 Å².